The normalized spacial score (nSPS) is 18.1. The largest absolute Gasteiger partial charge is 0.314 e. The lowest BCUT2D eigenvalue weighted by molar-refractivity contribution is -0.117. The quantitative estimate of drug-likeness (QED) is 0.653. The first-order chi connectivity index (χ1) is 9.08. The molecule has 0 aromatic heterocycles. The molecule has 19 heavy (non-hydrogen) atoms. The Morgan fingerprint density at radius 2 is 1.89 bits per heavy atom. The van der Waals surface area contributed by atoms with Crippen LogP contribution >= 0.6 is 0 Å². The summed E-state index contributed by atoms with van der Waals surface area (Å²) >= 11 is 0. The monoisotopic (exact) mass is 268 g/mol. The Morgan fingerprint density at radius 1 is 1.21 bits per heavy atom. The molecule has 3 nitrogen and oxygen atoms in total. The summed E-state index contributed by atoms with van der Waals surface area (Å²) in [4.78, 5) is 13.4. The standard InChI is InChI=1S/C16H32N2O/c1-14(2)17-13-16-8-11-18(12-9-16)10-6-4-5-7-15(3)19/h14,16-17H,4-13H2,1-3H3. The number of ketones is 1. The molecule has 1 N–H and O–H groups in total. The molecule has 0 bridgehead atoms. The van der Waals surface area contributed by atoms with E-state index in [0.29, 0.717) is 11.8 Å². The van der Waals surface area contributed by atoms with Crippen LogP contribution in [0.2, 0.25) is 0 Å². The first-order valence-corrected chi connectivity index (χ1v) is 8.03. The maximum atomic E-state index is 10.8. The summed E-state index contributed by atoms with van der Waals surface area (Å²) in [5.41, 5.74) is 0. The van der Waals surface area contributed by atoms with Gasteiger partial charge in [-0.25, -0.2) is 0 Å². The first-order valence-electron chi connectivity index (χ1n) is 8.03. The average Bonchev–Trinajstić information content (AvgIpc) is 2.37. The van der Waals surface area contributed by atoms with Crippen molar-refractivity contribution in [2.24, 2.45) is 5.92 Å². The lowest BCUT2D eigenvalue weighted by atomic mass is 9.96. The molecular formula is C16H32N2O. The molecule has 1 aliphatic rings. The van der Waals surface area contributed by atoms with Crippen LogP contribution in [0.1, 0.15) is 59.3 Å². The summed E-state index contributed by atoms with van der Waals surface area (Å²) in [6.07, 6.45) is 6.98. The van der Waals surface area contributed by atoms with Crippen LogP contribution in [0.15, 0.2) is 0 Å². The maximum Gasteiger partial charge on any atom is 0.129 e. The fourth-order valence-corrected chi connectivity index (χ4v) is 2.70. The molecule has 0 spiro atoms. The van der Waals surface area contributed by atoms with Gasteiger partial charge in [0.15, 0.2) is 0 Å². The molecule has 1 aliphatic heterocycles. The van der Waals surface area contributed by atoms with Crippen molar-refractivity contribution in [2.45, 2.75) is 65.3 Å². The summed E-state index contributed by atoms with van der Waals surface area (Å²) in [5, 5.41) is 3.55. The maximum absolute atomic E-state index is 10.8. The number of Topliss-reactive ketones (excluding diaryl/α,β-unsaturated/α-hetero) is 1. The number of carbonyl (C=O) groups excluding carboxylic acids is 1. The summed E-state index contributed by atoms with van der Waals surface area (Å²) in [5.74, 6) is 1.20. The molecule has 0 saturated carbocycles. The number of rotatable bonds is 9. The molecule has 1 heterocycles. The number of nitrogens with one attached hydrogen (secondary N) is 1. The van der Waals surface area contributed by atoms with E-state index in [2.05, 4.69) is 24.1 Å². The second kappa shape index (κ2) is 9.49. The van der Waals surface area contributed by atoms with Gasteiger partial charge in [-0.15, -0.1) is 0 Å². The van der Waals surface area contributed by atoms with E-state index < -0.39 is 0 Å². The smallest absolute Gasteiger partial charge is 0.129 e. The van der Waals surface area contributed by atoms with Gasteiger partial charge in [0.05, 0.1) is 0 Å². The lowest BCUT2D eigenvalue weighted by Crippen LogP contribution is -2.39. The van der Waals surface area contributed by atoms with Gasteiger partial charge in [-0.05, 0) is 64.7 Å². The molecule has 0 aliphatic carbocycles. The van der Waals surface area contributed by atoms with Gasteiger partial charge in [-0.3, -0.25) is 0 Å². The van der Waals surface area contributed by atoms with Crippen LogP contribution in [-0.2, 0) is 4.79 Å². The minimum atomic E-state index is 0.332. The highest BCUT2D eigenvalue weighted by molar-refractivity contribution is 5.75. The molecule has 1 saturated heterocycles. The van der Waals surface area contributed by atoms with Crippen molar-refractivity contribution < 1.29 is 4.79 Å². The van der Waals surface area contributed by atoms with E-state index in [4.69, 9.17) is 0 Å². The number of likely N-dealkylation sites (tertiary alicyclic amines) is 1. The van der Waals surface area contributed by atoms with E-state index in [1.54, 1.807) is 6.92 Å². The Kier molecular flexibility index (Phi) is 8.31. The summed E-state index contributed by atoms with van der Waals surface area (Å²) in [6.45, 7) is 11.1. The third kappa shape index (κ3) is 8.38. The minimum Gasteiger partial charge on any atom is -0.314 e. The molecule has 0 atom stereocenters. The van der Waals surface area contributed by atoms with Crippen LogP contribution in [-0.4, -0.2) is 42.9 Å². The number of hydrogen-bond donors (Lipinski definition) is 1. The first kappa shape index (κ1) is 16.6. The molecule has 0 aromatic carbocycles. The fourth-order valence-electron chi connectivity index (χ4n) is 2.70. The SMILES string of the molecule is CC(=O)CCCCCN1CCC(CNC(C)C)CC1. The minimum absolute atomic E-state index is 0.332. The Hall–Kier alpha value is -0.410. The molecule has 3 heteroatoms. The second-order valence-corrected chi connectivity index (χ2v) is 6.36. The summed E-state index contributed by atoms with van der Waals surface area (Å²) < 4.78 is 0. The molecule has 0 unspecified atom stereocenters. The molecular weight excluding hydrogens is 236 g/mol. The van der Waals surface area contributed by atoms with Crippen LogP contribution in [0.3, 0.4) is 0 Å². The Labute approximate surface area is 119 Å². The summed E-state index contributed by atoms with van der Waals surface area (Å²) in [7, 11) is 0. The van der Waals surface area contributed by atoms with Crippen molar-refractivity contribution in [1.29, 1.82) is 0 Å². The van der Waals surface area contributed by atoms with Crippen molar-refractivity contribution in [3.63, 3.8) is 0 Å². The van der Waals surface area contributed by atoms with E-state index in [9.17, 15) is 4.79 Å². The Morgan fingerprint density at radius 3 is 2.47 bits per heavy atom. The molecule has 0 radical (unpaired) electrons. The predicted octanol–water partition coefficient (Wildman–Crippen LogP) is 2.85. The highest BCUT2D eigenvalue weighted by atomic mass is 16.1. The number of hydrogen-bond acceptors (Lipinski definition) is 3. The third-order valence-corrected chi connectivity index (χ3v) is 4.03. The van der Waals surface area contributed by atoms with Crippen LogP contribution in [0.4, 0.5) is 0 Å². The molecule has 0 amide bonds. The van der Waals surface area contributed by atoms with Crippen molar-refractivity contribution in [2.75, 3.05) is 26.2 Å². The zero-order chi connectivity index (χ0) is 14.1. The van der Waals surface area contributed by atoms with Crippen LogP contribution in [0, 0.1) is 5.92 Å². The van der Waals surface area contributed by atoms with Crippen molar-refractivity contribution in [1.82, 2.24) is 10.2 Å². The molecule has 1 fully saturated rings. The fraction of sp³-hybridized carbons (Fsp3) is 0.938. The summed E-state index contributed by atoms with van der Waals surface area (Å²) in [6, 6.07) is 0.610. The topological polar surface area (TPSA) is 32.3 Å². The van der Waals surface area contributed by atoms with Gasteiger partial charge >= 0.3 is 0 Å². The zero-order valence-corrected chi connectivity index (χ0v) is 13.1. The van der Waals surface area contributed by atoms with Gasteiger partial charge in [0.1, 0.15) is 5.78 Å². The molecule has 112 valence electrons. The van der Waals surface area contributed by atoms with Crippen LogP contribution in [0.25, 0.3) is 0 Å². The van der Waals surface area contributed by atoms with Gasteiger partial charge in [0.25, 0.3) is 0 Å². The van der Waals surface area contributed by atoms with E-state index in [1.807, 2.05) is 0 Å². The number of piperidine rings is 1. The third-order valence-electron chi connectivity index (χ3n) is 4.03. The Bertz CT molecular complexity index is 245. The van der Waals surface area contributed by atoms with Gasteiger partial charge in [-0.2, -0.15) is 0 Å². The van der Waals surface area contributed by atoms with E-state index in [1.165, 1.54) is 51.9 Å². The van der Waals surface area contributed by atoms with E-state index in [-0.39, 0.29) is 0 Å². The van der Waals surface area contributed by atoms with E-state index >= 15 is 0 Å². The van der Waals surface area contributed by atoms with Crippen molar-refractivity contribution >= 4 is 5.78 Å². The zero-order valence-electron chi connectivity index (χ0n) is 13.1. The van der Waals surface area contributed by atoms with Gasteiger partial charge in [0, 0.05) is 12.5 Å². The number of carbonyl (C=O) groups is 1. The van der Waals surface area contributed by atoms with Crippen molar-refractivity contribution in [3.8, 4) is 0 Å². The molecule has 1 rings (SSSR count). The van der Waals surface area contributed by atoms with Gasteiger partial charge < -0.3 is 15.0 Å². The number of nitrogens with zero attached hydrogens (tertiary/aromatic N) is 1. The second-order valence-electron chi connectivity index (χ2n) is 6.36. The van der Waals surface area contributed by atoms with E-state index in [0.717, 1.165) is 18.8 Å². The number of unbranched alkanes of at least 4 members (excludes halogenated alkanes) is 2. The predicted molar refractivity (Wildman–Crippen MR) is 81.5 cm³/mol. The van der Waals surface area contributed by atoms with Crippen LogP contribution < -0.4 is 5.32 Å². The van der Waals surface area contributed by atoms with Crippen LogP contribution in [0.5, 0.6) is 0 Å². The van der Waals surface area contributed by atoms with Crippen molar-refractivity contribution in [3.05, 3.63) is 0 Å². The molecule has 0 aromatic rings. The Balaban J connectivity index is 1.99. The van der Waals surface area contributed by atoms with Gasteiger partial charge in [0.2, 0.25) is 0 Å². The lowest BCUT2D eigenvalue weighted by Gasteiger charge is -2.32. The highest BCUT2D eigenvalue weighted by Crippen LogP contribution is 2.17. The average molecular weight is 268 g/mol. The highest BCUT2D eigenvalue weighted by Gasteiger charge is 2.18. The van der Waals surface area contributed by atoms with Gasteiger partial charge in [-0.1, -0.05) is 20.3 Å².